The van der Waals surface area contributed by atoms with Crippen molar-refractivity contribution in [2.45, 2.75) is 39.8 Å². The van der Waals surface area contributed by atoms with E-state index in [4.69, 9.17) is 5.26 Å². The predicted molar refractivity (Wildman–Crippen MR) is 74.5 cm³/mol. The zero-order valence-electron chi connectivity index (χ0n) is 12.3. The number of nitriles is 1. The van der Waals surface area contributed by atoms with Crippen LogP contribution in [0.1, 0.15) is 37.7 Å². The van der Waals surface area contributed by atoms with Crippen molar-refractivity contribution in [1.29, 1.82) is 5.26 Å². The maximum atomic E-state index is 11.6. The SMILES string of the molecule is Cc1c(CNCC(=O)NC(C)(C)C)cc(C#N)n1C. The molecule has 1 aromatic rings. The van der Waals surface area contributed by atoms with E-state index in [0.717, 1.165) is 11.3 Å². The fraction of sp³-hybridized carbons (Fsp3) is 0.571. The summed E-state index contributed by atoms with van der Waals surface area (Å²) in [6, 6.07) is 3.99. The van der Waals surface area contributed by atoms with Gasteiger partial charge in [-0.1, -0.05) is 0 Å². The largest absolute Gasteiger partial charge is 0.350 e. The lowest BCUT2D eigenvalue weighted by Gasteiger charge is -2.20. The zero-order valence-corrected chi connectivity index (χ0v) is 12.3. The summed E-state index contributed by atoms with van der Waals surface area (Å²) in [4.78, 5) is 11.6. The topological polar surface area (TPSA) is 69.8 Å². The zero-order chi connectivity index (χ0) is 14.6. The first kappa shape index (κ1) is 15.3. The third kappa shape index (κ3) is 4.42. The van der Waals surface area contributed by atoms with Gasteiger partial charge in [0.05, 0.1) is 6.54 Å². The van der Waals surface area contributed by atoms with Crippen LogP contribution in [0.25, 0.3) is 0 Å². The molecule has 0 aromatic carbocycles. The summed E-state index contributed by atoms with van der Waals surface area (Å²) in [5, 5.41) is 14.9. The van der Waals surface area contributed by atoms with Crippen LogP contribution in [0, 0.1) is 18.3 Å². The fourth-order valence-electron chi connectivity index (χ4n) is 1.82. The Kier molecular flexibility index (Phi) is 4.73. The number of carbonyl (C=O) groups is 1. The van der Waals surface area contributed by atoms with E-state index in [0.29, 0.717) is 12.2 Å². The molecule has 1 aromatic heterocycles. The maximum Gasteiger partial charge on any atom is 0.234 e. The molecule has 0 aliphatic carbocycles. The molecule has 0 aliphatic heterocycles. The van der Waals surface area contributed by atoms with Crippen molar-refractivity contribution in [3.63, 3.8) is 0 Å². The quantitative estimate of drug-likeness (QED) is 0.857. The van der Waals surface area contributed by atoms with Gasteiger partial charge in [-0.2, -0.15) is 5.26 Å². The van der Waals surface area contributed by atoms with Crippen molar-refractivity contribution in [2.75, 3.05) is 6.54 Å². The second-order valence-corrected chi connectivity index (χ2v) is 5.71. The summed E-state index contributed by atoms with van der Waals surface area (Å²) in [5.41, 5.74) is 2.51. The average molecular weight is 262 g/mol. The van der Waals surface area contributed by atoms with Crippen LogP contribution in [-0.4, -0.2) is 22.6 Å². The van der Waals surface area contributed by atoms with Crippen LogP contribution >= 0.6 is 0 Å². The van der Waals surface area contributed by atoms with Gasteiger partial charge in [0.25, 0.3) is 0 Å². The van der Waals surface area contributed by atoms with Crippen molar-refractivity contribution in [3.8, 4) is 6.07 Å². The first-order valence-electron chi connectivity index (χ1n) is 6.31. The van der Waals surface area contributed by atoms with Crippen LogP contribution < -0.4 is 10.6 Å². The number of rotatable bonds is 4. The number of amides is 1. The lowest BCUT2D eigenvalue weighted by atomic mass is 10.1. The molecule has 0 aliphatic rings. The summed E-state index contributed by atoms with van der Waals surface area (Å²) in [5.74, 6) is -0.0263. The molecule has 0 radical (unpaired) electrons. The molecule has 1 heterocycles. The van der Waals surface area contributed by atoms with Gasteiger partial charge < -0.3 is 15.2 Å². The number of nitrogens with one attached hydrogen (secondary N) is 2. The van der Waals surface area contributed by atoms with Crippen LogP contribution in [0.15, 0.2) is 6.07 Å². The normalized spacial score (nSPS) is 11.2. The minimum Gasteiger partial charge on any atom is -0.350 e. The Morgan fingerprint density at radius 2 is 2.11 bits per heavy atom. The van der Waals surface area contributed by atoms with Gasteiger partial charge >= 0.3 is 0 Å². The Hall–Kier alpha value is -1.80. The molecule has 0 bridgehead atoms. The molecule has 104 valence electrons. The van der Waals surface area contributed by atoms with Gasteiger partial charge in [-0.15, -0.1) is 0 Å². The van der Waals surface area contributed by atoms with E-state index in [1.165, 1.54) is 0 Å². The molecule has 19 heavy (non-hydrogen) atoms. The summed E-state index contributed by atoms with van der Waals surface area (Å²) < 4.78 is 1.85. The molecule has 0 saturated carbocycles. The van der Waals surface area contributed by atoms with E-state index in [1.807, 2.05) is 45.4 Å². The summed E-state index contributed by atoms with van der Waals surface area (Å²) in [7, 11) is 1.86. The van der Waals surface area contributed by atoms with Crippen LogP contribution in [0.5, 0.6) is 0 Å². The van der Waals surface area contributed by atoms with Gasteiger partial charge in [0, 0.05) is 24.8 Å². The molecule has 0 spiro atoms. The van der Waals surface area contributed by atoms with Crippen LogP contribution in [0.2, 0.25) is 0 Å². The van der Waals surface area contributed by atoms with Crippen molar-refractivity contribution in [3.05, 3.63) is 23.0 Å². The minimum absolute atomic E-state index is 0.0263. The first-order valence-corrected chi connectivity index (χ1v) is 6.31. The predicted octanol–water partition coefficient (Wildman–Crippen LogP) is 1.21. The number of hydrogen-bond acceptors (Lipinski definition) is 3. The van der Waals surface area contributed by atoms with E-state index in [1.54, 1.807) is 0 Å². The maximum absolute atomic E-state index is 11.6. The van der Waals surface area contributed by atoms with Gasteiger partial charge in [-0.25, -0.2) is 0 Å². The van der Waals surface area contributed by atoms with Crippen molar-refractivity contribution >= 4 is 5.91 Å². The van der Waals surface area contributed by atoms with Crippen LogP contribution in [0.3, 0.4) is 0 Å². The second kappa shape index (κ2) is 5.89. The van der Waals surface area contributed by atoms with Crippen LogP contribution in [-0.2, 0) is 18.4 Å². The number of nitrogens with zero attached hydrogens (tertiary/aromatic N) is 2. The fourth-order valence-corrected chi connectivity index (χ4v) is 1.82. The molecular weight excluding hydrogens is 240 g/mol. The van der Waals surface area contributed by atoms with Crippen molar-refractivity contribution < 1.29 is 4.79 Å². The summed E-state index contributed by atoms with van der Waals surface area (Å²) >= 11 is 0. The highest BCUT2D eigenvalue weighted by Crippen LogP contribution is 2.12. The highest BCUT2D eigenvalue weighted by atomic mass is 16.2. The Morgan fingerprint density at radius 3 is 2.58 bits per heavy atom. The minimum atomic E-state index is -0.213. The van der Waals surface area contributed by atoms with E-state index in [9.17, 15) is 4.79 Å². The Morgan fingerprint density at radius 1 is 1.47 bits per heavy atom. The average Bonchev–Trinajstić information content (AvgIpc) is 2.54. The third-order valence-electron chi connectivity index (χ3n) is 2.87. The number of carbonyl (C=O) groups excluding carboxylic acids is 1. The molecule has 0 atom stereocenters. The van der Waals surface area contributed by atoms with Crippen molar-refractivity contribution in [2.24, 2.45) is 7.05 Å². The molecular formula is C14H22N4O. The molecule has 1 amide bonds. The van der Waals surface area contributed by atoms with E-state index in [-0.39, 0.29) is 18.0 Å². The van der Waals surface area contributed by atoms with Gasteiger partial charge in [0.1, 0.15) is 11.8 Å². The monoisotopic (exact) mass is 262 g/mol. The molecule has 5 heteroatoms. The molecule has 2 N–H and O–H groups in total. The molecule has 5 nitrogen and oxygen atoms in total. The Balaban J connectivity index is 2.51. The number of aromatic nitrogens is 1. The van der Waals surface area contributed by atoms with Gasteiger partial charge in [0.15, 0.2) is 0 Å². The smallest absolute Gasteiger partial charge is 0.234 e. The summed E-state index contributed by atoms with van der Waals surface area (Å²) in [6.07, 6.45) is 0. The number of hydrogen-bond donors (Lipinski definition) is 2. The molecule has 0 unspecified atom stereocenters. The van der Waals surface area contributed by atoms with Gasteiger partial charge in [0.2, 0.25) is 5.91 Å². The first-order chi connectivity index (χ1) is 8.74. The van der Waals surface area contributed by atoms with Gasteiger partial charge in [-0.05, 0) is 39.3 Å². The Labute approximate surface area is 114 Å². The highest BCUT2D eigenvalue weighted by molar-refractivity contribution is 5.78. The molecule has 1 rings (SSSR count). The molecule has 0 saturated heterocycles. The lowest BCUT2D eigenvalue weighted by molar-refractivity contribution is -0.121. The highest BCUT2D eigenvalue weighted by Gasteiger charge is 2.13. The third-order valence-corrected chi connectivity index (χ3v) is 2.87. The van der Waals surface area contributed by atoms with Crippen LogP contribution in [0.4, 0.5) is 0 Å². The van der Waals surface area contributed by atoms with Crippen molar-refractivity contribution in [1.82, 2.24) is 15.2 Å². The second-order valence-electron chi connectivity index (χ2n) is 5.71. The molecule has 0 fully saturated rings. The van der Waals surface area contributed by atoms with E-state index < -0.39 is 0 Å². The Bertz CT molecular complexity index is 503. The summed E-state index contributed by atoms with van der Waals surface area (Å²) in [6.45, 7) is 8.67. The standard InChI is InChI=1S/C14H22N4O/c1-10-11(6-12(7-15)18(10)5)8-16-9-13(19)17-14(2,3)4/h6,16H,8-9H2,1-5H3,(H,17,19). The lowest BCUT2D eigenvalue weighted by Crippen LogP contribution is -2.44. The van der Waals surface area contributed by atoms with E-state index in [2.05, 4.69) is 16.7 Å². The van der Waals surface area contributed by atoms with Gasteiger partial charge in [-0.3, -0.25) is 4.79 Å². The van der Waals surface area contributed by atoms with E-state index >= 15 is 0 Å².